The van der Waals surface area contributed by atoms with Crippen molar-refractivity contribution in [2.24, 2.45) is 11.5 Å². The van der Waals surface area contributed by atoms with Gasteiger partial charge in [-0.05, 0) is 83.0 Å². The van der Waals surface area contributed by atoms with Gasteiger partial charge in [-0.15, -0.1) is 0 Å². The molecule has 2 aliphatic heterocycles. The van der Waals surface area contributed by atoms with Gasteiger partial charge in [0.1, 0.15) is 0 Å². The number of carbonyl (C=O) groups excluding carboxylic acids is 1. The first-order valence-electron chi connectivity index (χ1n) is 7.47. The van der Waals surface area contributed by atoms with Crippen molar-refractivity contribution in [3.8, 4) is 11.5 Å². The molecule has 4 N–H and O–H groups in total. The van der Waals surface area contributed by atoms with E-state index in [1.165, 1.54) is 11.8 Å². The van der Waals surface area contributed by atoms with E-state index in [1.54, 1.807) is 0 Å². The average Bonchev–Trinajstić information content (AvgIpc) is 2.84. The van der Waals surface area contributed by atoms with Crippen LogP contribution < -0.4 is 20.9 Å². The van der Waals surface area contributed by atoms with E-state index >= 15 is 0 Å². The molecule has 1 aliphatic carbocycles. The van der Waals surface area contributed by atoms with E-state index in [-0.39, 0.29) is 0 Å². The summed E-state index contributed by atoms with van der Waals surface area (Å²) < 4.78 is 16.1. The third-order valence-corrected chi connectivity index (χ3v) is 10.9. The smallest absolute Gasteiger partial charge is 0.251 e. The topological polar surface area (TPSA) is 87.6 Å². The third-order valence-electron chi connectivity index (χ3n) is 4.80. The van der Waals surface area contributed by atoms with Gasteiger partial charge in [0, 0.05) is 6.42 Å². The van der Waals surface area contributed by atoms with Crippen LogP contribution in [-0.2, 0) is 4.79 Å². The van der Waals surface area contributed by atoms with Crippen molar-refractivity contribution in [2.45, 2.75) is 36.2 Å². The Morgan fingerprint density at radius 1 is 0.960 bits per heavy atom. The molecule has 134 valence electrons. The van der Waals surface area contributed by atoms with Crippen molar-refractivity contribution in [3.63, 3.8) is 0 Å². The lowest BCUT2D eigenvalue weighted by atomic mass is 9.75. The number of halogens is 4. The Morgan fingerprint density at radius 2 is 1.52 bits per heavy atom. The molecule has 0 saturated heterocycles. The molecule has 0 bridgehead atoms. The summed E-state index contributed by atoms with van der Waals surface area (Å²) >= 11 is 15.5. The zero-order chi connectivity index (χ0) is 18.1. The summed E-state index contributed by atoms with van der Waals surface area (Å²) in [7, 11) is 0. The number of carbonyl (C=O) groups is 1. The van der Waals surface area contributed by atoms with Crippen LogP contribution in [0.25, 0.3) is 0 Å². The van der Waals surface area contributed by atoms with Crippen molar-refractivity contribution in [2.75, 3.05) is 0 Å². The summed E-state index contributed by atoms with van der Waals surface area (Å²) in [4.78, 5) is 11.4. The molecule has 25 heavy (non-hydrogen) atoms. The van der Waals surface area contributed by atoms with Crippen LogP contribution in [0.15, 0.2) is 28.5 Å². The number of nitrogens with two attached hydrogens (primary N) is 2. The molecule has 0 spiro atoms. The maximum absolute atomic E-state index is 12.2. The standard InChI is InChI=1S/C15H12Br4N2O3S/c16-6-7(17)9(19)11-10(8(6)18)23-14-3-1-2-4-15(14,24-11)25-13(21)5(14)12(20)22/h1-4,21H2,(H2,20,22)/t14-,15-/m0/s1. The van der Waals surface area contributed by atoms with Crippen LogP contribution in [0.1, 0.15) is 25.7 Å². The summed E-state index contributed by atoms with van der Waals surface area (Å²) in [5.74, 6) is 0.534. The van der Waals surface area contributed by atoms with Gasteiger partial charge in [-0.1, -0.05) is 11.8 Å². The van der Waals surface area contributed by atoms with Gasteiger partial charge in [-0.2, -0.15) is 0 Å². The zero-order valence-electron chi connectivity index (χ0n) is 12.6. The van der Waals surface area contributed by atoms with Gasteiger partial charge in [-0.3, -0.25) is 4.79 Å². The first-order valence-corrected chi connectivity index (χ1v) is 11.5. The Balaban J connectivity index is 1.99. The van der Waals surface area contributed by atoms with Crippen LogP contribution >= 0.6 is 75.5 Å². The van der Waals surface area contributed by atoms with Crippen LogP contribution in [0, 0.1) is 0 Å². The minimum absolute atomic E-state index is 0.324. The molecule has 1 aromatic carbocycles. The second kappa shape index (κ2) is 6.05. The Kier molecular flexibility index (Phi) is 4.47. The summed E-state index contributed by atoms with van der Waals surface area (Å²) in [6, 6.07) is 0. The summed E-state index contributed by atoms with van der Waals surface area (Å²) in [6.07, 6.45) is 3.20. The fourth-order valence-electron chi connectivity index (χ4n) is 3.77. The minimum Gasteiger partial charge on any atom is -0.472 e. The van der Waals surface area contributed by atoms with Gasteiger partial charge >= 0.3 is 0 Å². The Labute approximate surface area is 182 Å². The molecule has 5 nitrogen and oxygen atoms in total. The highest BCUT2D eigenvalue weighted by Gasteiger charge is 2.69. The Bertz CT molecular complexity index is 862. The maximum Gasteiger partial charge on any atom is 0.251 e. The molecule has 3 aliphatic rings. The third kappa shape index (κ3) is 2.33. The monoisotopic (exact) mass is 616 g/mol. The summed E-state index contributed by atoms with van der Waals surface area (Å²) in [5.41, 5.74) is 11.2. The number of fused-ring (bicyclic) bond motifs is 1. The van der Waals surface area contributed by atoms with Crippen molar-refractivity contribution in [3.05, 3.63) is 28.5 Å². The average molecular weight is 620 g/mol. The SMILES string of the molecule is NC(=O)C1=C(N)S[C@@]23CCCC[C@]12Oc1c(Br)c(Br)c(Br)c(Br)c1O3. The highest BCUT2D eigenvalue weighted by molar-refractivity contribution is 9.15. The predicted molar refractivity (Wildman–Crippen MR) is 110 cm³/mol. The van der Waals surface area contributed by atoms with Crippen molar-refractivity contribution in [1.29, 1.82) is 0 Å². The molecule has 1 saturated carbocycles. The summed E-state index contributed by atoms with van der Waals surface area (Å²) in [5, 5.41) is 0.382. The van der Waals surface area contributed by atoms with E-state index in [4.69, 9.17) is 20.9 Å². The first-order chi connectivity index (χ1) is 11.7. The van der Waals surface area contributed by atoms with E-state index in [0.29, 0.717) is 39.4 Å². The van der Waals surface area contributed by atoms with Crippen LogP contribution in [-0.4, -0.2) is 16.4 Å². The highest BCUT2D eigenvalue weighted by atomic mass is 79.9. The normalized spacial score (nSPS) is 30.1. The fourth-order valence-corrected chi connectivity index (χ4v) is 7.48. The van der Waals surface area contributed by atoms with E-state index in [1.807, 2.05) is 0 Å². The van der Waals surface area contributed by atoms with E-state index in [0.717, 1.165) is 26.3 Å². The van der Waals surface area contributed by atoms with Crippen molar-refractivity contribution in [1.82, 2.24) is 0 Å². The number of rotatable bonds is 1. The van der Waals surface area contributed by atoms with Crippen LogP contribution in [0.2, 0.25) is 0 Å². The molecule has 2 heterocycles. The fraction of sp³-hybridized carbons (Fsp3) is 0.400. The van der Waals surface area contributed by atoms with Crippen molar-refractivity contribution < 1.29 is 14.3 Å². The van der Waals surface area contributed by atoms with Crippen LogP contribution in [0.3, 0.4) is 0 Å². The number of benzene rings is 1. The largest absolute Gasteiger partial charge is 0.472 e. The second-order valence-corrected chi connectivity index (χ2v) is 10.6. The van der Waals surface area contributed by atoms with Gasteiger partial charge < -0.3 is 20.9 Å². The molecule has 1 fully saturated rings. The number of ether oxygens (including phenoxy) is 2. The molecular weight excluding hydrogens is 608 g/mol. The number of primary amides is 1. The maximum atomic E-state index is 12.2. The highest BCUT2D eigenvalue weighted by Crippen LogP contribution is 2.66. The molecule has 1 amide bonds. The zero-order valence-corrected chi connectivity index (χ0v) is 19.8. The van der Waals surface area contributed by atoms with Gasteiger partial charge in [0.25, 0.3) is 5.91 Å². The van der Waals surface area contributed by atoms with Gasteiger partial charge in [0.2, 0.25) is 4.93 Å². The Morgan fingerprint density at radius 3 is 2.12 bits per heavy atom. The van der Waals surface area contributed by atoms with E-state index in [2.05, 4.69) is 63.7 Å². The van der Waals surface area contributed by atoms with Gasteiger partial charge in [0.15, 0.2) is 17.1 Å². The van der Waals surface area contributed by atoms with Gasteiger partial charge in [0.05, 0.1) is 28.5 Å². The molecule has 4 rings (SSSR count). The number of hydrogen-bond acceptors (Lipinski definition) is 5. The molecule has 10 heteroatoms. The second-order valence-electron chi connectivity index (χ2n) is 6.11. The molecule has 1 aromatic rings. The molecular formula is C15H12Br4N2O3S. The number of thioether (sulfide) groups is 1. The van der Waals surface area contributed by atoms with E-state index in [9.17, 15) is 4.79 Å². The molecule has 2 atom stereocenters. The minimum atomic E-state index is -0.978. The Hall–Kier alpha value is 0.1000. The predicted octanol–water partition coefficient (Wildman–Crippen LogP) is 4.92. The van der Waals surface area contributed by atoms with Crippen molar-refractivity contribution >= 4 is 81.4 Å². The lowest BCUT2D eigenvalue weighted by molar-refractivity contribution is -0.123. The quantitative estimate of drug-likeness (QED) is 0.344. The lowest BCUT2D eigenvalue weighted by Crippen LogP contribution is -2.63. The summed E-state index contributed by atoms with van der Waals surface area (Å²) in [6.45, 7) is 0. The van der Waals surface area contributed by atoms with E-state index < -0.39 is 16.4 Å². The first kappa shape index (κ1) is 18.5. The molecule has 0 radical (unpaired) electrons. The molecule has 0 aromatic heterocycles. The van der Waals surface area contributed by atoms with Gasteiger partial charge in [-0.25, -0.2) is 0 Å². The lowest BCUT2D eigenvalue weighted by Gasteiger charge is -2.51. The number of hydrogen-bond donors (Lipinski definition) is 2. The molecule has 0 unspecified atom stereocenters. The van der Waals surface area contributed by atoms with Crippen LogP contribution in [0.4, 0.5) is 0 Å². The van der Waals surface area contributed by atoms with Crippen LogP contribution in [0.5, 0.6) is 11.5 Å². The number of amides is 1.